The average molecular weight is 524 g/mol. The van der Waals surface area contributed by atoms with Gasteiger partial charge in [-0.2, -0.15) is 5.10 Å². The van der Waals surface area contributed by atoms with Gasteiger partial charge in [-0.25, -0.2) is 4.79 Å². The van der Waals surface area contributed by atoms with Gasteiger partial charge in [-0.05, 0) is 71.4 Å². The molecule has 3 aromatic carbocycles. The SMILES string of the molecule is Cc1cc(C(C)Nc2ccccc2C(=O)OC(C)(C)C)c2oc(-c3ccc4cnn(C)c4c3)c(C)c(=O)c2c1. The zero-order valence-corrected chi connectivity index (χ0v) is 23.4. The topological polar surface area (TPSA) is 86.4 Å². The van der Waals surface area contributed by atoms with Crippen molar-refractivity contribution in [3.8, 4) is 11.3 Å². The number of aromatic nitrogens is 2. The summed E-state index contributed by atoms with van der Waals surface area (Å²) >= 11 is 0. The smallest absolute Gasteiger partial charge is 0.340 e. The third-order valence-corrected chi connectivity index (χ3v) is 6.79. The molecule has 200 valence electrons. The molecule has 0 amide bonds. The second-order valence-corrected chi connectivity index (χ2v) is 11.1. The van der Waals surface area contributed by atoms with E-state index in [-0.39, 0.29) is 11.5 Å². The van der Waals surface area contributed by atoms with Gasteiger partial charge < -0.3 is 14.5 Å². The number of benzene rings is 3. The largest absolute Gasteiger partial charge is 0.456 e. The van der Waals surface area contributed by atoms with E-state index in [4.69, 9.17) is 9.15 Å². The lowest BCUT2D eigenvalue weighted by atomic mass is 9.98. The van der Waals surface area contributed by atoms with Crippen molar-refractivity contribution in [1.29, 1.82) is 0 Å². The Hall–Kier alpha value is -4.39. The van der Waals surface area contributed by atoms with Crippen LogP contribution < -0.4 is 10.7 Å². The number of nitrogens with one attached hydrogen (secondary N) is 1. The molecule has 0 aliphatic heterocycles. The molecule has 2 heterocycles. The second-order valence-electron chi connectivity index (χ2n) is 11.1. The minimum atomic E-state index is -0.612. The quantitative estimate of drug-likeness (QED) is 0.248. The van der Waals surface area contributed by atoms with E-state index in [2.05, 4.69) is 10.4 Å². The highest BCUT2D eigenvalue weighted by molar-refractivity contribution is 5.96. The maximum absolute atomic E-state index is 13.6. The number of para-hydroxylation sites is 1. The fourth-order valence-corrected chi connectivity index (χ4v) is 4.88. The molecule has 1 unspecified atom stereocenters. The van der Waals surface area contributed by atoms with E-state index < -0.39 is 11.6 Å². The molecule has 1 N–H and O–H groups in total. The summed E-state index contributed by atoms with van der Waals surface area (Å²) in [6.45, 7) is 11.3. The van der Waals surface area contributed by atoms with Crippen LogP contribution in [0.25, 0.3) is 33.2 Å². The highest BCUT2D eigenvalue weighted by Gasteiger charge is 2.23. The van der Waals surface area contributed by atoms with Crippen molar-refractivity contribution in [3.63, 3.8) is 0 Å². The Kier molecular flexibility index (Phi) is 6.54. The molecule has 0 spiro atoms. The Labute approximate surface area is 227 Å². The van der Waals surface area contributed by atoms with Crippen LogP contribution in [0, 0.1) is 13.8 Å². The summed E-state index contributed by atoms with van der Waals surface area (Å²) in [5.41, 5.74) is 5.01. The summed E-state index contributed by atoms with van der Waals surface area (Å²) in [6, 6.07) is 16.8. The van der Waals surface area contributed by atoms with Gasteiger partial charge in [0.25, 0.3) is 0 Å². The highest BCUT2D eigenvalue weighted by Crippen LogP contribution is 2.34. The Morgan fingerprint density at radius 2 is 1.82 bits per heavy atom. The molecule has 0 aliphatic carbocycles. The van der Waals surface area contributed by atoms with Crippen molar-refractivity contribution in [3.05, 3.63) is 93.3 Å². The zero-order chi connectivity index (χ0) is 28.1. The van der Waals surface area contributed by atoms with Gasteiger partial charge in [0.15, 0.2) is 5.43 Å². The number of hydrogen-bond acceptors (Lipinski definition) is 6. The number of nitrogens with zero attached hydrogens (tertiary/aromatic N) is 2. The third-order valence-electron chi connectivity index (χ3n) is 6.79. The summed E-state index contributed by atoms with van der Waals surface area (Å²) in [4.78, 5) is 26.5. The minimum Gasteiger partial charge on any atom is -0.456 e. The Morgan fingerprint density at radius 3 is 2.56 bits per heavy atom. The van der Waals surface area contributed by atoms with E-state index in [1.807, 2.05) is 96.4 Å². The normalized spacial score (nSPS) is 12.6. The number of fused-ring (bicyclic) bond motifs is 2. The number of carbonyl (C=O) groups is 1. The summed E-state index contributed by atoms with van der Waals surface area (Å²) in [5.74, 6) is 0.129. The number of rotatable bonds is 5. The van der Waals surface area contributed by atoms with Gasteiger partial charge in [-0.3, -0.25) is 9.48 Å². The standard InChI is InChI=1S/C32H33N3O4/c1-18-14-24(20(3)34-26-11-9-8-10-23(26)31(37)39-32(4,5)6)30-25(15-18)28(36)19(2)29(38-30)21-12-13-22-17-33-35(7)27(22)16-21/h8-17,20,34H,1-7H3. The first-order chi connectivity index (χ1) is 18.4. The fraction of sp³-hybridized carbons (Fsp3) is 0.281. The van der Waals surface area contributed by atoms with Gasteiger partial charge >= 0.3 is 5.97 Å². The van der Waals surface area contributed by atoms with E-state index in [0.717, 1.165) is 27.6 Å². The lowest BCUT2D eigenvalue weighted by Crippen LogP contribution is -2.24. The van der Waals surface area contributed by atoms with Crippen LogP contribution in [0.4, 0.5) is 5.69 Å². The van der Waals surface area contributed by atoms with E-state index in [9.17, 15) is 9.59 Å². The lowest BCUT2D eigenvalue weighted by molar-refractivity contribution is 0.00706. The van der Waals surface area contributed by atoms with Gasteiger partial charge in [0, 0.05) is 34.8 Å². The number of hydrogen-bond donors (Lipinski definition) is 1. The van der Waals surface area contributed by atoms with Crippen LogP contribution in [-0.4, -0.2) is 21.4 Å². The molecule has 0 saturated heterocycles. The number of ether oxygens (including phenoxy) is 1. The number of aryl methyl sites for hydroxylation is 2. The third kappa shape index (κ3) is 5.04. The molecule has 5 rings (SSSR count). The molecule has 0 bridgehead atoms. The van der Waals surface area contributed by atoms with Gasteiger partial charge in [-0.15, -0.1) is 0 Å². The van der Waals surface area contributed by atoms with Crippen molar-refractivity contribution >= 4 is 33.5 Å². The van der Waals surface area contributed by atoms with Gasteiger partial charge in [0.2, 0.25) is 0 Å². The van der Waals surface area contributed by atoms with Crippen LogP contribution in [-0.2, 0) is 11.8 Å². The molecule has 39 heavy (non-hydrogen) atoms. The first kappa shape index (κ1) is 26.2. The van der Waals surface area contributed by atoms with Crippen LogP contribution >= 0.6 is 0 Å². The number of anilines is 1. The van der Waals surface area contributed by atoms with Crippen LogP contribution in [0.3, 0.4) is 0 Å². The van der Waals surface area contributed by atoms with Crippen molar-refractivity contribution in [1.82, 2.24) is 9.78 Å². The maximum Gasteiger partial charge on any atom is 0.340 e. The lowest BCUT2D eigenvalue weighted by Gasteiger charge is -2.23. The second kappa shape index (κ2) is 9.73. The van der Waals surface area contributed by atoms with Crippen LogP contribution in [0.15, 0.2) is 70.0 Å². The summed E-state index contributed by atoms with van der Waals surface area (Å²) in [6.07, 6.45) is 1.81. The average Bonchev–Trinajstić information content (AvgIpc) is 3.25. The number of esters is 1. The molecular weight excluding hydrogens is 490 g/mol. The maximum atomic E-state index is 13.6. The predicted molar refractivity (Wildman–Crippen MR) is 155 cm³/mol. The zero-order valence-electron chi connectivity index (χ0n) is 23.4. The first-order valence-corrected chi connectivity index (χ1v) is 13.0. The monoisotopic (exact) mass is 523 g/mol. The highest BCUT2D eigenvalue weighted by atomic mass is 16.6. The summed E-state index contributed by atoms with van der Waals surface area (Å²) in [5, 5.41) is 9.33. The van der Waals surface area contributed by atoms with Crippen molar-refractivity contribution in [2.75, 3.05) is 5.32 Å². The minimum absolute atomic E-state index is 0.0670. The van der Waals surface area contributed by atoms with Gasteiger partial charge in [0.1, 0.15) is 16.9 Å². The molecule has 0 radical (unpaired) electrons. The molecule has 0 fully saturated rings. The Bertz CT molecular complexity index is 1790. The van der Waals surface area contributed by atoms with Gasteiger partial charge in [0.05, 0.1) is 28.7 Å². The fourth-order valence-electron chi connectivity index (χ4n) is 4.88. The number of carbonyl (C=O) groups excluding carboxylic acids is 1. The van der Waals surface area contributed by atoms with E-state index in [1.54, 1.807) is 17.7 Å². The molecule has 1 atom stereocenters. The Balaban J connectivity index is 1.61. The summed E-state index contributed by atoms with van der Waals surface area (Å²) in [7, 11) is 1.89. The first-order valence-electron chi connectivity index (χ1n) is 13.0. The van der Waals surface area contributed by atoms with E-state index >= 15 is 0 Å². The van der Waals surface area contributed by atoms with Gasteiger partial charge in [-0.1, -0.05) is 30.3 Å². The summed E-state index contributed by atoms with van der Waals surface area (Å²) < 4.78 is 14.0. The molecule has 7 heteroatoms. The molecule has 5 aromatic rings. The van der Waals surface area contributed by atoms with E-state index in [0.29, 0.717) is 33.5 Å². The predicted octanol–water partition coefficient (Wildman–Crippen LogP) is 7.09. The Morgan fingerprint density at radius 1 is 1.08 bits per heavy atom. The van der Waals surface area contributed by atoms with Crippen LogP contribution in [0.2, 0.25) is 0 Å². The van der Waals surface area contributed by atoms with Crippen molar-refractivity contribution in [2.24, 2.45) is 7.05 Å². The van der Waals surface area contributed by atoms with E-state index in [1.165, 1.54) is 0 Å². The molecule has 0 saturated carbocycles. The van der Waals surface area contributed by atoms with Crippen LogP contribution in [0.5, 0.6) is 0 Å². The van der Waals surface area contributed by atoms with Crippen molar-refractivity contribution in [2.45, 2.75) is 53.2 Å². The molecule has 0 aliphatic rings. The van der Waals surface area contributed by atoms with Crippen molar-refractivity contribution < 1.29 is 13.9 Å². The molecule has 2 aromatic heterocycles. The molecule has 7 nitrogen and oxygen atoms in total. The molecular formula is C32H33N3O4. The van der Waals surface area contributed by atoms with Crippen LogP contribution in [0.1, 0.15) is 60.8 Å².